The molecular formula is C11H15BrN2O3S. The first-order chi connectivity index (χ1) is 8.45. The molecule has 1 aromatic heterocycles. The third-order valence-corrected chi connectivity index (χ3v) is 3.50. The number of amides is 1. The van der Waals surface area contributed by atoms with E-state index in [-0.39, 0.29) is 5.91 Å². The lowest BCUT2D eigenvalue weighted by Gasteiger charge is -2.14. The van der Waals surface area contributed by atoms with Gasteiger partial charge in [0.15, 0.2) is 0 Å². The van der Waals surface area contributed by atoms with Crippen molar-refractivity contribution in [3.8, 4) is 0 Å². The first-order valence-corrected chi connectivity index (χ1v) is 7.49. The van der Waals surface area contributed by atoms with E-state index in [9.17, 15) is 9.59 Å². The molecule has 0 bridgehead atoms. The number of carboxylic acids is 1. The molecule has 5 nitrogen and oxygen atoms in total. The number of aliphatic carboxylic acids is 1. The smallest absolute Gasteiger partial charge is 0.326 e. The molecule has 0 saturated heterocycles. The number of aromatic nitrogens is 1. The van der Waals surface area contributed by atoms with E-state index in [1.165, 1.54) is 0 Å². The highest BCUT2D eigenvalue weighted by molar-refractivity contribution is 9.10. The van der Waals surface area contributed by atoms with Gasteiger partial charge in [-0.2, -0.15) is 11.8 Å². The van der Waals surface area contributed by atoms with Crippen molar-refractivity contribution in [1.82, 2.24) is 9.88 Å². The van der Waals surface area contributed by atoms with Crippen molar-refractivity contribution in [3.05, 3.63) is 22.4 Å². The van der Waals surface area contributed by atoms with Crippen LogP contribution in [-0.4, -0.2) is 39.6 Å². The van der Waals surface area contributed by atoms with Crippen LogP contribution in [0.5, 0.6) is 0 Å². The lowest BCUT2D eigenvalue weighted by Crippen LogP contribution is -2.41. The second-order valence-corrected chi connectivity index (χ2v) is 5.70. The first kappa shape index (κ1) is 15.1. The van der Waals surface area contributed by atoms with E-state index >= 15 is 0 Å². The van der Waals surface area contributed by atoms with Gasteiger partial charge >= 0.3 is 5.97 Å². The van der Waals surface area contributed by atoms with Gasteiger partial charge in [0.2, 0.25) is 0 Å². The summed E-state index contributed by atoms with van der Waals surface area (Å²) in [6, 6.07) is 0.807. The van der Waals surface area contributed by atoms with Crippen LogP contribution in [0.4, 0.5) is 0 Å². The van der Waals surface area contributed by atoms with E-state index in [1.54, 1.807) is 35.6 Å². The number of halogens is 1. The number of nitrogens with zero attached hydrogens (tertiary/aromatic N) is 1. The van der Waals surface area contributed by atoms with Crippen LogP contribution in [0.2, 0.25) is 0 Å². The van der Waals surface area contributed by atoms with Crippen LogP contribution in [-0.2, 0) is 11.8 Å². The minimum atomic E-state index is -1.01. The Kier molecular flexibility index (Phi) is 5.74. The predicted octanol–water partition coefficient (Wildman–Crippen LogP) is 1.72. The third-order valence-electron chi connectivity index (χ3n) is 2.42. The fourth-order valence-corrected chi connectivity index (χ4v) is 2.47. The van der Waals surface area contributed by atoms with Gasteiger partial charge in [-0.1, -0.05) is 0 Å². The number of aryl methyl sites for hydroxylation is 1. The van der Waals surface area contributed by atoms with Gasteiger partial charge in [0.25, 0.3) is 5.91 Å². The minimum absolute atomic E-state index is 0.378. The molecule has 0 unspecified atom stereocenters. The normalized spacial score (nSPS) is 12.2. The Morgan fingerprint density at radius 2 is 2.28 bits per heavy atom. The monoisotopic (exact) mass is 334 g/mol. The van der Waals surface area contributed by atoms with Crippen LogP contribution in [0.15, 0.2) is 16.7 Å². The van der Waals surface area contributed by atoms with Crippen LogP contribution < -0.4 is 5.32 Å². The number of hydrogen-bond acceptors (Lipinski definition) is 3. The van der Waals surface area contributed by atoms with Gasteiger partial charge in [-0.05, 0) is 40.4 Å². The van der Waals surface area contributed by atoms with E-state index in [4.69, 9.17) is 5.11 Å². The summed E-state index contributed by atoms with van der Waals surface area (Å²) < 4.78 is 2.43. The van der Waals surface area contributed by atoms with Crippen molar-refractivity contribution in [2.24, 2.45) is 7.05 Å². The summed E-state index contributed by atoms with van der Waals surface area (Å²) in [5.41, 5.74) is 0.428. The summed E-state index contributed by atoms with van der Waals surface area (Å²) in [7, 11) is 1.73. The molecule has 1 amide bonds. The van der Waals surface area contributed by atoms with Crippen molar-refractivity contribution >= 4 is 39.6 Å². The van der Waals surface area contributed by atoms with E-state index in [1.807, 2.05) is 6.26 Å². The van der Waals surface area contributed by atoms with E-state index in [0.29, 0.717) is 17.9 Å². The number of thioether (sulfide) groups is 1. The van der Waals surface area contributed by atoms with Crippen molar-refractivity contribution < 1.29 is 14.7 Å². The summed E-state index contributed by atoms with van der Waals surface area (Å²) in [5.74, 6) is -0.698. The molecule has 100 valence electrons. The summed E-state index contributed by atoms with van der Waals surface area (Å²) in [5, 5.41) is 11.6. The van der Waals surface area contributed by atoms with Gasteiger partial charge < -0.3 is 15.0 Å². The maximum absolute atomic E-state index is 11.9. The van der Waals surface area contributed by atoms with Crippen LogP contribution in [0.25, 0.3) is 0 Å². The quantitative estimate of drug-likeness (QED) is 0.830. The molecule has 0 aliphatic rings. The van der Waals surface area contributed by atoms with Crippen LogP contribution in [0, 0.1) is 0 Å². The third kappa shape index (κ3) is 4.06. The number of carbonyl (C=O) groups excluding carboxylic acids is 1. The molecule has 2 N–H and O–H groups in total. The van der Waals surface area contributed by atoms with Crippen molar-refractivity contribution in [2.75, 3.05) is 12.0 Å². The lowest BCUT2D eigenvalue weighted by atomic mass is 10.2. The maximum atomic E-state index is 11.9. The number of hydrogen-bond donors (Lipinski definition) is 2. The zero-order chi connectivity index (χ0) is 13.7. The second-order valence-electron chi connectivity index (χ2n) is 3.80. The molecule has 0 radical (unpaired) electrons. The summed E-state index contributed by atoms with van der Waals surface area (Å²) in [6.07, 6.45) is 4.05. The second kappa shape index (κ2) is 6.84. The van der Waals surface area contributed by atoms with Crippen LogP contribution >= 0.6 is 27.7 Å². The first-order valence-electron chi connectivity index (χ1n) is 5.30. The fourth-order valence-electron chi connectivity index (χ4n) is 1.48. The zero-order valence-electron chi connectivity index (χ0n) is 10.1. The van der Waals surface area contributed by atoms with Crippen LogP contribution in [0.1, 0.15) is 16.9 Å². The van der Waals surface area contributed by atoms with Gasteiger partial charge in [0.05, 0.1) is 0 Å². The molecule has 0 aliphatic carbocycles. The van der Waals surface area contributed by atoms with Crippen molar-refractivity contribution in [3.63, 3.8) is 0 Å². The molecule has 0 saturated carbocycles. The maximum Gasteiger partial charge on any atom is 0.326 e. The van der Waals surface area contributed by atoms with Gasteiger partial charge in [-0.25, -0.2) is 4.79 Å². The fraction of sp³-hybridized carbons (Fsp3) is 0.455. The zero-order valence-corrected chi connectivity index (χ0v) is 12.5. The SMILES string of the molecule is CSCC[C@@H](NC(=O)c1cc(Br)cn1C)C(=O)O. The molecular weight excluding hydrogens is 320 g/mol. The molecule has 1 aromatic rings. The lowest BCUT2D eigenvalue weighted by molar-refractivity contribution is -0.139. The Bertz CT molecular complexity index is 447. The van der Waals surface area contributed by atoms with Gasteiger partial charge in [-0.3, -0.25) is 4.79 Å². The van der Waals surface area contributed by atoms with E-state index in [0.717, 1.165) is 4.47 Å². The average molecular weight is 335 g/mol. The molecule has 0 aromatic carbocycles. The Labute approximate surface area is 118 Å². The molecule has 1 rings (SSSR count). The summed E-state index contributed by atoms with van der Waals surface area (Å²) in [6.45, 7) is 0. The average Bonchev–Trinajstić information content (AvgIpc) is 2.63. The predicted molar refractivity (Wildman–Crippen MR) is 75.0 cm³/mol. The molecule has 0 aliphatic heterocycles. The highest BCUT2D eigenvalue weighted by Gasteiger charge is 2.21. The van der Waals surface area contributed by atoms with Gasteiger partial charge in [0, 0.05) is 17.7 Å². The van der Waals surface area contributed by atoms with Crippen molar-refractivity contribution in [1.29, 1.82) is 0 Å². The van der Waals surface area contributed by atoms with Crippen molar-refractivity contribution in [2.45, 2.75) is 12.5 Å². The Hall–Kier alpha value is -0.950. The standard InChI is InChI=1S/C11H15BrN2O3S/c1-14-6-7(12)5-9(14)10(15)13-8(11(16)17)3-4-18-2/h5-6,8H,3-4H2,1-2H3,(H,13,15)(H,16,17)/t8-/m1/s1. The highest BCUT2D eigenvalue weighted by atomic mass is 79.9. The van der Waals surface area contributed by atoms with E-state index in [2.05, 4.69) is 21.2 Å². The van der Waals surface area contributed by atoms with Gasteiger partial charge in [0.1, 0.15) is 11.7 Å². The summed E-state index contributed by atoms with van der Waals surface area (Å²) >= 11 is 4.82. The largest absolute Gasteiger partial charge is 0.480 e. The molecule has 7 heteroatoms. The molecule has 0 fully saturated rings. The highest BCUT2D eigenvalue weighted by Crippen LogP contribution is 2.14. The number of nitrogens with one attached hydrogen (secondary N) is 1. The molecule has 18 heavy (non-hydrogen) atoms. The van der Waals surface area contributed by atoms with E-state index < -0.39 is 12.0 Å². The van der Waals surface area contributed by atoms with Crippen LogP contribution in [0.3, 0.4) is 0 Å². The Balaban J connectivity index is 2.72. The van der Waals surface area contributed by atoms with Gasteiger partial charge in [-0.15, -0.1) is 0 Å². The number of carbonyl (C=O) groups is 2. The number of carboxylic acid groups (broad SMARTS) is 1. The Morgan fingerprint density at radius 1 is 1.61 bits per heavy atom. The number of rotatable bonds is 6. The Morgan fingerprint density at radius 3 is 2.72 bits per heavy atom. The summed E-state index contributed by atoms with van der Waals surface area (Å²) in [4.78, 5) is 23.0. The molecule has 1 heterocycles. The topological polar surface area (TPSA) is 71.3 Å². The molecule has 0 spiro atoms. The minimum Gasteiger partial charge on any atom is -0.480 e. The molecule has 1 atom stereocenters.